The van der Waals surface area contributed by atoms with Crippen molar-refractivity contribution in [1.29, 1.82) is 0 Å². The fraction of sp³-hybridized carbons (Fsp3) is 0.737. The van der Waals surface area contributed by atoms with E-state index in [-0.39, 0.29) is 12.0 Å². The molecule has 3 saturated heterocycles. The van der Waals surface area contributed by atoms with Crippen LogP contribution in [0.2, 0.25) is 0 Å². The lowest BCUT2D eigenvalue weighted by Gasteiger charge is -2.36. The van der Waals surface area contributed by atoms with Gasteiger partial charge in [-0.15, -0.1) is 0 Å². The normalized spacial score (nSPS) is 24.5. The molecule has 0 aromatic carbocycles. The van der Waals surface area contributed by atoms with Crippen molar-refractivity contribution in [2.75, 3.05) is 68.7 Å². The standard InChI is InChI=1S/C19H30N6O2/c26-16-5-9-25(14-16)17-4-6-20-19(21-17)24-12-10-22(11-13-24)15-18(27)23-7-2-1-3-8-23/h4,6,16,26H,1-3,5,7-15H2/t16-/m1/s1. The van der Waals surface area contributed by atoms with Crippen LogP contribution in [0.5, 0.6) is 0 Å². The zero-order chi connectivity index (χ0) is 18.6. The third-order valence-corrected chi connectivity index (χ3v) is 5.84. The average molecular weight is 374 g/mol. The van der Waals surface area contributed by atoms with E-state index in [0.29, 0.717) is 13.1 Å². The molecular weight excluding hydrogens is 344 g/mol. The van der Waals surface area contributed by atoms with E-state index in [9.17, 15) is 9.90 Å². The van der Waals surface area contributed by atoms with E-state index in [1.165, 1.54) is 6.42 Å². The maximum absolute atomic E-state index is 12.5. The Morgan fingerprint density at radius 3 is 2.52 bits per heavy atom. The minimum absolute atomic E-state index is 0.260. The number of aliphatic hydroxyl groups is 1. The highest BCUT2D eigenvalue weighted by atomic mass is 16.3. The van der Waals surface area contributed by atoms with Crippen molar-refractivity contribution < 1.29 is 9.90 Å². The second-order valence-corrected chi connectivity index (χ2v) is 7.81. The van der Waals surface area contributed by atoms with Crippen molar-refractivity contribution in [3.05, 3.63) is 12.3 Å². The van der Waals surface area contributed by atoms with Gasteiger partial charge in [-0.2, -0.15) is 4.98 Å². The number of hydrogen-bond donors (Lipinski definition) is 1. The predicted molar refractivity (Wildman–Crippen MR) is 104 cm³/mol. The van der Waals surface area contributed by atoms with Crippen LogP contribution >= 0.6 is 0 Å². The van der Waals surface area contributed by atoms with Crippen molar-refractivity contribution in [3.63, 3.8) is 0 Å². The Morgan fingerprint density at radius 2 is 1.81 bits per heavy atom. The number of carbonyl (C=O) groups excluding carboxylic acids is 1. The van der Waals surface area contributed by atoms with Gasteiger partial charge in [-0.25, -0.2) is 4.98 Å². The van der Waals surface area contributed by atoms with Gasteiger partial charge in [-0.1, -0.05) is 0 Å². The molecule has 0 bridgehead atoms. The van der Waals surface area contributed by atoms with E-state index >= 15 is 0 Å². The number of aromatic nitrogens is 2. The van der Waals surface area contributed by atoms with Gasteiger partial charge >= 0.3 is 0 Å². The van der Waals surface area contributed by atoms with Crippen LogP contribution in [-0.4, -0.2) is 95.8 Å². The number of nitrogens with zero attached hydrogens (tertiary/aromatic N) is 6. The molecule has 3 aliphatic heterocycles. The predicted octanol–water partition coefficient (Wildman–Crippen LogP) is 0.182. The van der Waals surface area contributed by atoms with Crippen molar-refractivity contribution in [2.24, 2.45) is 0 Å². The zero-order valence-electron chi connectivity index (χ0n) is 16.0. The number of rotatable bonds is 4. The molecule has 1 aromatic heterocycles. The molecule has 8 nitrogen and oxygen atoms in total. The van der Waals surface area contributed by atoms with Crippen LogP contribution in [0.15, 0.2) is 12.3 Å². The molecule has 1 atom stereocenters. The van der Waals surface area contributed by atoms with Crippen molar-refractivity contribution in [1.82, 2.24) is 19.8 Å². The van der Waals surface area contributed by atoms with Crippen molar-refractivity contribution in [3.8, 4) is 0 Å². The van der Waals surface area contributed by atoms with Crippen LogP contribution in [-0.2, 0) is 4.79 Å². The van der Waals surface area contributed by atoms with Crippen molar-refractivity contribution >= 4 is 17.7 Å². The summed E-state index contributed by atoms with van der Waals surface area (Å²) in [6.07, 6.45) is 5.86. The lowest BCUT2D eigenvalue weighted by Crippen LogP contribution is -2.51. The zero-order valence-corrected chi connectivity index (χ0v) is 16.0. The number of amides is 1. The highest BCUT2D eigenvalue weighted by Crippen LogP contribution is 2.20. The molecule has 0 unspecified atom stereocenters. The topological polar surface area (TPSA) is 76.0 Å². The monoisotopic (exact) mass is 374 g/mol. The molecule has 1 amide bonds. The number of β-amino-alcohol motifs (C(OH)–C–C–N with tert-alkyl or cyclic N) is 1. The summed E-state index contributed by atoms with van der Waals surface area (Å²) < 4.78 is 0. The SMILES string of the molecule is O=C(CN1CCN(c2nccc(N3CC[C@@H](O)C3)n2)CC1)N1CCCCC1. The second kappa shape index (κ2) is 8.39. The molecule has 0 radical (unpaired) electrons. The molecule has 8 heteroatoms. The number of piperidine rings is 1. The minimum atomic E-state index is -0.260. The third-order valence-electron chi connectivity index (χ3n) is 5.84. The molecule has 3 aliphatic rings. The molecule has 4 heterocycles. The smallest absolute Gasteiger partial charge is 0.236 e. The van der Waals surface area contributed by atoms with Gasteiger partial charge in [-0.3, -0.25) is 9.69 Å². The fourth-order valence-corrected chi connectivity index (χ4v) is 4.16. The molecule has 148 valence electrons. The highest BCUT2D eigenvalue weighted by Gasteiger charge is 2.25. The van der Waals surface area contributed by atoms with Gasteiger partial charge in [0.1, 0.15) is 5.82 Å². The summed E-state index contributed by atoms with van der Waals surface area (Å²) in [4.78, 5) is 30.2. The summed E-state index contributed by atoms with van der Waals surface area (Å²) in [5, 5.41) is 9.74. The highest BCUT2D eigenvalue weighted by molar-refractivity contribution is 5.78. The first kappa shape index (κ1) is 18.4. The third kappa shape index (κ3) is 4.50. The van der Waals surface area contributed by atoms with E-state index in [4.69, 9.17) is 4.98 Å². The van der Waals surface area contributed by atoms with E-state index in [1.807, 2.05) is 11.0 Å². The summed E-state index contributed by atoms with van der Waals surface area (Å²) in [5.41, 5.74) is 0. The summed E-state index contributed by atoms with van der Waals surface area (Å²) in [6, 6.07) is 1.91. The van der Waals surface area contributed by atoms with E-state index < -0.39 is 0 Å². The largest absolute Gasteiger partial charge is 0.391 e. The molecule has 27 heavy (non-hydrogen) atoms. The van der Waals surface area contributed by atoms with Gasteiger partial charge in [0, 0.05) is 58.6 Å². The second-order valence-electron chi connectivity index (χ2n) is 7.81. The lowest BCUT2D eigenvalue weighted by molar-refractivity contribution is -0.133. The summed E-state index contributed by atoms with van der Waals surface area (Å²) >= 11 is 0. The van der Waals surface area contributed by atoms with Crippen LogP contribution in [0.25, 0.3) is 0 Å². The van der Waals surface area contributed by atoms with E-state index in [0.717, 1.165) is 76.8 Å². The van der Waals surface area contributed by atoms with Gasteiger partial charge in [0.05, 0.1) is 12.6 Å². The van der Waals surface area contributed by atoms with Gasteiger partial charge in [-0.05, 0) is 31.7 Å². The molecule has 1 aromatic rings. The fourth-order valence-electron chi connectivity index (χ4n) is 4.16. The van der Waals surface area contributed by atoms with Gasteiger partial charge in [0.2, 0.25) is 11.9 Å². The first-order valence-electron chi connectivity index (χ1n) is 10.2. The molecule has 3 fully saturated rings. The number of piperazine rings is 1. The summed E-state index contributed by atoms with van der Waals surface area (Å²) in [5.74, 6) is 1.91. The Kier molecular flexibility index (Phi) is 5.73. The van der Waals surface area contributed by atoms with Gasteiger partial charge < -0.3 is 19.8 Å². The van der Waals surface area contributed by atoms with Gasteiger partial charge in [0.25, 0.3) is 0 Å². The first-order chi connectivity index (χ1) is 13.2. The molecule has 1 N–H and O–H groups in total. The number of aliphatic hydroxyl groups excluding tert-OH is 1. The Bertz CT molecular complexity index is 643. The Hall–Kier alpha value is -1.93. The molecule has 0 spiro atoms. The number of hydrogen-bond acceptors (Lipinski definition) is 7. The Labute approximate surface area is 160 Å². The van der Waals surface area contributed by atoms with Crippen LogP contribution in [0, 0.1) is 0 Å². The maximum Gasteiger partial charge on any atom is 0.236 e. The molecule has 0 saturated carbocycles. The first-order valence-corrected chi connectivity index (χ1v) is 10.2. The lowest BCUT2D eigenvalue weighted by atomic mass is 10.1. The molecule has 0 aliphatic carbocycles. The summed E-state index contributed by atoms with van der Waals surface area (Å²) in [7, 11) is 0. The van der Waals surface area contributed by atoms with Gasteiger partial charge in [0.15, 0.2) is 0 Å². The number of carbonyl (C=O) groups is 1. The Morgan fingerprint density at radius 1 is 1.04 bits per heavy atom. The summed E-state index contributed by atoms with van der Waals surface area (Å²) in [6.45, 7) is 7.23. The van der Waals surface area contributed by atoms with Crippen LogP contribution in [0.3, 0.4) is 0 Å². The van der Waals surface area contributed by atoms with Crippen LogP contribution in [0.1, 0.15) is 25.7 Å². The van der Waals surface area contributed by atoms with Crippen molar-refractivity contribution in [2.45, 2.75) is 31.8 Å². The molecular formula is C19H30N6O2. The van der Waals surface area contributed by atoms with Crippen LogP contribution in [0.4, 0.5) is 11.8 Å². The van der Waals surface area contributed by atoms with E-state index in [1.54, 1.807) is 6.20 Å². The minimum Gasteiger partial charge on any atom is -0.391 e. The van der Waals surface area contributed by atoms with Crippen LogP contribution < -0.4 is 9.80 Å². The van der Waals surface area contributed by atoms with E-state index in [2.05, 4.69) is 19.7 Å². The Balaban J connectivity index is 1.29. The number of likely N-dealkylation sites (tertiary alicyclic amines) is 1. The number of anilines is 2. The quantitative estimate of drug-likeness (QED) is 0.806. The average Bonchev–Trinajstić information content (AvgIpc) is 3.16. The maximum atomic E-state index is 12.5. The molecule has 4 rings (SSSR count).